The lowest BCUT2D eigenvalue weighted by Gasteiger charge is -2.15. The molecule has 0 aliphatic rings. The summed E-state index contributed by atoms with van der Waals surface area (Å²) in [4.78, 5) is 10.3. The van der Waals surface area contributed by atoms with Crippen LogP contribution in [0.2, 0.25) is 0 Å². The Balaban J connectivity index is 1.85. The van der Waals surface area contributed by atoms with Gasteiger partial charge in [-0.2, -0.15) is 14.9 Å². The normalized spacial score (nSPS) is 12.0. The summed E-state index contributed by atoms with van der Waals surface area (Å²) in [7, 11) is 0. The van der Waals surface area contributed by atoms with Crippen molar-refractivity contribution in [3.05, 3.63) is 62.9 Å². The van der Waals surface area contributed by atoms with Gasteiger partial charge in [0.2, 0.25) is 4.77 Å². The van der Waals surface area contributed by atoms with E-state index in [1.54, 1.807) is 35.2 Å². The van der Waals surface area contributed by atoms with Crippen LogP contribution in [0, 0.1) is 14.9 Å². The summed E-state index contributed by atoms with van der Waals surface area (Å²) in [5.41, 5.74) is 0.550. The van der Waals surface area contributed by atoms with Gasteiger partial charge in [-0.05, 0) is 36.5 Å². The van der Waals surface area contributed by atoms with Gasteiger partial charge in [0.25, 0.3) is 5.69 Å². The molecule has 9 heteroatoms. The monoisotopic (exact) mass is 371 g/mol. The third-order valence-corrected chi connectivity index (χ3v) is 3.88. The lowest BCUT2D eigenvalue weighted by Crippen LogP contribution is -2.17. The van der Waals surface area contributed by atoms with Crippen LogP contribution in [0.25, 0.3) is 11.3 Å². The van der Waals surface area contributed by atoms with Crippen LogP contribution in [-0.4, -0.2) is 26.0 Å². The number of H-pyrrole nitrogens is 1. The largest absolute Gasteiger partial charge is 0.455 e. The zero-order valence-electron chi connectivity index (χ0n) is 14.5. The molecule has 134 valence electrons. The van der Waals surface area contributed by atoms with Crippen molar-refractivity contribution in [3.63, 3.8) is 0 Å². The fourth-order valence-electron chi connectivity index (χ4n) is 2.32. The molecule has 0 spiro atoms. The van der Waals surface area contributed by atoms with Crippen LogP contribution in [0.3, 0.4) is 0 Å². The number of aromatic amines is 1. The highest BCUT2D eigenvalue weighted by atomic mass is 32.1. The van der Waals surface area contributed by atoms with Crippen molar-refractivity contribution >= 4 is 24.1 Å². The molecule has 2 heterocycles. The summed E-state index contributed by atoms with van der Waals surface area (Å²) in [6.07, 6.45) is 1.55. The number of nitrogens with zero attached hydrogens (tertiary/aromatic N) is 4. The van der Waals surface area contributed by atoms with Crippen LogP contribution in [0.4, 0.5) is 5.69 Å². The fraction of sp³-hybridized carbons (Fsp3) is 0.235. The summed E-state index contributed by atoms with van der Waals surface area (Å²) in [5.74, 6) is 1.83. The fourth-order valence-corrected chi connectivity index (χ4v) is 2.50. The van der Waals surface area contributed by atoms with Crippen LogP contribution >= 0.6 is 12.2 Å². The van der Waals surface area contributed by atoms with E-state index in [1.165, 1.54) is 12.1 Å². The van der Waals surface area contributed by atoms with E-state index < -0.39 is 4.92 Å². The standard InChI is InChI=1S/C17H17N5O3S/c1-17(2,3)15-19-20-16(26)21(15)18-10-13-8-9-14(25-13)11-4-6-12(7-5-11)22(23)24/h4-10H,1-3H3,(H,20,26)/b18-10-. The molecule has 3 rings (SSSR count). The van der Waals surface area contributed by atoms with Crippen molar-refractivity contribution in [2.45, 2.75) is 26.2 Å². The number of nitro benzene ring substituents is 1. The van der Waals surface area contributed by atoms with E-state index in [1.807, 2.05) is 20.8 Å². The molecular weight excluding hydrogens is 354 g/mol. The molecule has 1 aromatic carbocycles. The minimum absolute atomic E-state index is 0.0335. The van der Waals surface area contributed by atoms with Gasteiger partial charge in [-0.25, -0.2) is 0 Å². The van der Waals surface area contributed by atoms with Crippen LogP contribution in [0.1, 0.15) is 32.4 Å². The van der Waals surface area contributed by atoms with Gasteiger partial charge in [0.1, 0.15) is 11.5 Å². The quantitative estimate of drug-likeness (QED) is 0.319. The molecular formula is C17H17N5O3S. The number of non-ortho nitro benzene ring substituents is 1. The molecule has 0 atom stereocenters. The third-order valence-electron chi connectivity index (χ3n) is 3.61. The molecule has 0 fully saturated rings. The number of hydrogen-bond donors (Lipinski definition) is 1. The van der Waals surface area contributed by atoms with E-state index in [0.717, 1.165) is 5.56 Å². The van der Waals surface area contributed by atoms with E-state index in [4.69, 9.17) is 16.6 Å². The summed E-state index contributed by atoms with van der Waals surface area (Å²) in [6.45, 7) is 6.05. The Morgan fingerprint density at radius 1 is 1.27 bits per heavy atom. The van der Waals surface area contributed by atoms with Crippen molar-refractivity contribution < 1.29 is 9.34 Å². The number of nitro groups is 1. The number of benzene rings is 1. The number of hydrogen-bond acceptors (Lipinski definition) is 6. The Labute approximate surface area is 154 Å². The zero-order chi connectivity index (χ0) is 18.9. The first kappa shape index (κ1) is 17.7. The maximum atomic E-state index is 10.7. The molecule has 1 N–H and O–H groups in total. The molecule has 0 radical (unpaired) electrons. The van der Waals surface area contributed by atoms with Crippen LogP contribution in [0.15, 0.2) is 45.9 Å². The Morgan fingerprint density at radius 3 is 2.58 bits per heavy atom. The smallest absolute Gasteiger partial charge is 0.269 e. The van der Waals surface area contributed by atoms with E-state index in [2.05, 4.69) is 15.3 Å². The third kappa shape index (κ3) is 3.62. The van der Waals surface area contributed by atoms with E-state index in [9.17, 15) is 10.1 Å². The Morgan fingerprint density at radius 2 is 1.96 bits per heavy atom. The lowest BCUT2D eigenvalue weighted by atomic mass is 9.96. The van der Waals surface area contributed by atoms with Gasteiger partial charge in [-0.1, -0.05) is 20.8 Å². The van der Waals surface area contributed by atoms with Crippen molar-refractivity contribution in [2.24, 2.45) is 5.10 Å². The van der Waals surface area contributed by atoms with Crippen LogP contribution in [0.5, 0.6) is 0 Å². The van der Waals surface area contributed by atoms with Gasteiger partial charge >= 0.3 is 0 Å². The van der Waals surface area contributed by atoms with Crippen molar-refractivity contribution in [1.82, 2.24) is 14.9 Å². The summed E-state index contributed by atoms with van der Waals surface area (Å²) >= 11 is 5.22. The van der Waals surface area contributed by atoms with Gasteiger partial charge < -0.3 is 4.42 Å². The number of nitrogens with one attached hydrogen (secondary N) is 1. The highest BCUT2D eigenvalue weighted by Gasteiger charge is 2.21. The maximum absolute atomic E-state index is 10.7. The first-order valence-corrected chi connectivity index (χ1v) is 8.23. The van der Waals surface area contributed by atoms with E-state index in [-0.39, 0.29) is 11.1 Å². The van der Waals surface area contributed by atoms with Gasteiger partial charge in [-0.15, -0.1) is 0 Å². The molecule has 0 amide bonds. The molecule has 0 aliphatic carbocycles. The van der Waals surface area contributed by atoms with Gasteiger partial charge in [0.05, 0.1) is 11.1 Å². The zero-order valence-corrected chi connectivity index (χ0v) is 15.3. The topological polar surface area (TPSA) is 102 Å². The SMILES string of the molecule is CC(C)(C)c1n[nH]c(=S)n1/N=C\c1ccc(-c2ccc([N+](=O)[O-])cc2)o1. The molecule has 0 bridgehead atoms. The summed E-state index contributed by atoms with van der Waals surface area (Å²) < 4.78 is 7.69. The second-order valence-corrected chi connectivity index (χ2v) is 7.05. The van der Waals surface area contributed by atoms with Gasteiger partial charge in [-0.3, -0.25) is 15.2 Å². The number of aromatic nitrogens is 3. The molecule has 0 unspecified atom stereocenters. The van der Waals surface area contributed by atoms with E-state index in [0.29, 0.717) is 22.1 Å². The molecule has 0 aliphatic heterocycles. The Hall–Kier alpha value is -3.07. The molecule has 0 saturated carbocycles. The maximum Gasteiger partial charge on any atom is 0.269 e. The minimum atomic E-state index is -0.439. The van der Waals surface area contributed by atoms with E-state index >= 15 is 0 Å². The lowest BCUT2D eigenvalue weighted by molar-refractivity contribution is -0.384. The first-order valence-electron chi connectivity index (χ1n) is 7.82. The molecule has 26 heavy (non-hydrogen) atoms. The predicted molar refractivity (Wildman–Crippen MR) is 99.9 cm³/mol. The predicted octanol–water partition coefficient (Wildman–Crippen LogP) is 4.29. The Kier molecular flexibility index (Phi) is 4.56. The highest BCUT2D eigenvalue weighted by Crippen LogP contribution is 2.24. The van der Waals surface area contributed by atoms with Crippen LogP contribution in [-0.2, 0) is 5.41 Å². The Bertz CT molecular complexity index is 1020. The highest BCUT2D eigenvalue weighted by molar-refractivity contribution is 7.71. The minimum Gasteiger partial charge on any atom is -0.455 e. The van der Waals surface area contributed by atoms with Crippen molar-refractivity contribution in [1.29, 1.82) is 0 Å². The van der Waals surface area contributed by atoms with Crippen molar-refractivity contribution in [2.75, 3.05) is 0 Å². The first-order chi connectivity index (χ1) is 12.3. The molecule has 3 aromatic rings. The summed E-state index contributed by atoms with van der Waals surface area (Å²) in [5, 5.41) is 22.0. The number of rotatable bonds is 4. The second kappa shape index (κ2) is 6.68. The second-order valence-electron chi connectivity index (χ2n) is 6.66. The molecule has 8 nitrogen and oxygen atoms in total. The van der Waals surface area contributed by atoms with Crippen molar-refractivity contribution in [3.8, 4) is 11.3 Å². The average Bonchev–Trinajstić information content (AvgIpc) is 3.19. The summed E-state index contributed by atoms with van der Waals surface area (Å²) in [6, 6.07) is 9.70. The van der Waals surface area contributed by atoms with Crippen LogP contribution < -0.4 is 0 Å². The molecule has 2 aromatic heterocycles. The number of furan rings is 1. The van der Waals surface area contributed by atoms with Gasteiger partial charge in [0, 0.05) is 23.1 Å². The van der Waals surface area contributed by atoms with Gasteiger partial charge in [0.15, 0.2) is 5.82 Å². The molecule has 0 saturated heterocycles. The average molecular weight is 371 g/mol.